The average molecular weight is 403 g/mol. The largest absolute Gasteiger partial charge is 0.343 e. The molecule has 0 bridgehead atoms. The summed E-state index contributed by atoms with van der Waals surface area (Å²) in [7, 11) is 0. The van der Waals surface area contributed by atoms with Gasteiger partial charge in [0.05, 0.1) is 6.04 Å². The number of benzene rings is 1. The summed E-state index contributed by atoms with van der Waals surface area (Å²) in [6, 6.07) is 10.3. The third-order valence-electron chi connectivity index (χ3n) is 4.41. The van der Waals surface area contributed by atoms with Crippen LogP contribution in [0.5, 0.6) is 0 Å². The highest BCUT2D eigenvalue weighted by Gasteiger charge is 2.13. The average Bonchev–Trinajstić information content (AvgIpc) is 3.20. The molecule has 1 heterocycles. The molecule has 0 aliphatic rings. The van der Waals surface area contributed by atoms with Crippen molar-refractivity contribution in [2.24, 2.45) is 5.92 Å². The molecule has 0 saturated heterocycles. The van der Waals surface area contributed by atoms with Crippen LogP contribution in [0.25, 0.3) is 0 Å². The summed E-state index contributed by atoms with van der Waals surface area (Å²) in [5.41, 5.74) is 4.91. The van der Waals surface area contributed by atoms with E-state index in [4.69, 9.17) is 11.6 Å². The van der Waals surface area contributed by atoms with E-state index in [1.165, 1.54) is 11.1 Å². The van der Waals surface area contributed by atoms with Gasteiger partial charge in [-0.15, -0.1) is 11.3 Å². The van der Waals surface area contributed by atoms with Gasteiger partial charge in [-0.25, -0.2) is 4.98 Å². The quantitative estimate of drug-likeness (QED) is 0.519. The Morgan fingerprint density at radius 1 is 1.30 bits per heavy atom. The maximum Gasteiger partial charge on any atom is 0.247 e. The topological polar surface area (TPSA) is 42.0 Å². The molecule has 144 valence electrons. The van der Waals surface area contributed by atoms with E-state index in [0.717, 1.165) is 29.8 Å². The number of amides is 1. The number of carbonyl (C=O) groups is 1. The number of carbonyl (C=O) groups excluding carboxylic acids is 1. The predicted octanol–water partition coefficient (Wildman–Crippen LogP) is 6.05. The Balaban J connectivity index is 1.83. The maximum absolute atomic E-state index is 12.4. The van der Waals surface area contributed by atoms with Gasteiger partial charge in [-0.1, -0.05) is 60.5 Å². The summed E-state index contributed by atoms with van der Waals surface area (Å²) in [6.07, 6.45) is 6.53. The Morgan fingerprint density at radius 2 is 2.04 bits per heavy atom. The molecule has 3 nitrogen and oxygen atoms in total. The third-order valence-corrected chi connectivity index (χ3v) is 5.68. The van der Waals surface area contributed by atoms with Gasteiger partial charge in [0.15, 0.2) is 0 Å². The number of rotatable bonds is 9. The molecular formula is C22H27ClN2OS. The van der Waals surface area contributed by atoms with Crippen molar-refractivity contribution in [2.75, 3.05) is 0 Å². The normalized spacial score (nSPS) is 14.7. The first-order valence-electron chi connectivity index (χ1n) is 9.20. The lowest BCUT2D eigenvalue weighted by Crippen LogP contribution is -2.27. The lowest BCUT2D eigenvalue weighted by atomic mass is 9.96. The van der Waals surface area contributed by atoms with Gasteiger partial charge in [-0.3, -0.25) is 4.79 Å². The Morgan fingerprint density at radius 3 is 2.67 bits per heavy atom. The molecule has 0 aliphatic carbocycles. The van der Waals surface area contributed by atoms with E-state index in [-0.39, 0.29) is 11.9 Å². The minimum absolute atomic E-state index is 0.0399. The Bertz CT molecular complexity index is 769. The van der Waals surface area contributed by atoms with Crippen LogP contribution in [0.1, 0.15) is 50.2 Å². The van der Waals surface area contributed by atoms with Crippen LogP contribution < -0.4 is 5.32 Å². The van der Waals surface area contributed by atoms with Crippen LogP contribution in [0.2, 0.25) is 0 Å². The SMILES string of the molecule is CC(=CC(C)CCC(=CCl)Cc1ccccc1)C(=O)NC(C)c1nccs1. The van der Waals surface area contributed by atoms with Crippen molar-refractivity contribution in [3.05, 3.63) is 75.2 Å². The Hall–Kier alpha value is -1.91. The van der Waals surface area contributed by atoms with E-state index in [9.17, 15) is 4.79 Å². The van der Waals surface area contributed by atoms with Gasteiger partial charge in [0.2, 0.25) is 5.91 Å². The van der Waals surface area contributed by atoms with Crippen LogP contribution in [-0.4, -0.2) is 10.9 Å². The second-order valence-corrected chi connectivity index (χ2v) is 8.01. The van der Waals surface area contributed by atoms with E-state index < -0.39 is 0 Å². The molecule has 2 atom stereocenters. The number of nitrogens with zero attached hydrogens (tertiary/aromatic N) is 1. The fourth-order valence-corrected chi connectivity index (χ4v) is 3.69. The predicted molar refractivity (Wildman–Crippen MR) is 115 cm³/mol. The van der Waals surface area contributed by atoms with Crippen LogP contribution >= 0.6 is 22.9 Å². The monoisotopic (exact) mass is 402 g/mol. The first kappa shape index (κ1) is 21.4. The summed E-state index contributed by atoms with van der Waals surface area (Å²) in [6.45, 7) is 5.95. The number of aromatic nitrogens is 1. The summed E-state index contributed by atoms with van der Waals surface area (Å²) in [5.74, 6) is 0.259. The first-order valence-corrected chi connectivity index (χ1v) is 10.5. The minimum atomic E-state index is -0.0761. The van der Waals surface area contributed by atoms with Crippen molar-refractivity contribution in [3.63, 3.8) is 0 Å². The van der Waals surface area contributed by atoms with Crippen LogP contribution in [-0.2, 0) is 11.2 Å². The zero-order valence-electron chi connectivity index (χ0n) is 16.1. The van der Waals surface area contributed by atoms with E-state index in [2.05, 4.69) is 29.4 Å². The smallest absolute Gasteiger partial charge is 0.247 e. The second-order valence-electron chi connectivity index (χ2n) is 6.86. The molecule has 1 aromatic carbocycles. The van der Waals surface area contributed by atoms with E-state index >= 15 is 0 Å². The number of hydrogen-bond donors (Lipinski definition) is 1. The highest BCUT2D eigenvalue weighted by molar-refractivity contribution is 7.09. The van der Waals surface area contributed by atoms with Crippen LogP contribution in [0, 0.1) is 5.92 Å². The fraction of sp³-hybridized carbons (Fsp3) is 0.364. The standard InChI is InChI=1S/C22H27ClN2OS/c1-16(9-10-20(15-23)14-19-7-5-4-6-8-19)13-17(2)21(26)25-18(3)22-24-11-12-27-22/h4-8,11-13,15-16,18H,9-10,14H2,1-3H3,(H,25,26). The fourth-order valence-electron chi connectivity index (χ4n) is 2.86. The molecule has 0 fully saturated rings. The van der Waals surface area contributed by atoms with Crippen LogP contribution in [0.15, 0.2) is 64.7 Å². The molecule has 2 unspecified atom stereocenters. The van der Waals surface area contributed by atoms with Gasteiger partial charge < -0.3 is 5.32 Å². The summed E-state index contributed by atoms with van der Waals surface area (Å²) < 4.78 is 0. The molecule has 1 N–H and O–H groups in total. The molecule has 2 aromatic rings. The molecule has 0 radical (unpaired) electrons. The Kier molecular flexibility index (Phi) is 8.76. The summed E-state index contributed by atoms with van der Waals surface area (Å²) >= 11 is 7.57. The van der Waals surface area contributed by atoms with Crippen molar-refractivity contribution < 1.29 is 4.79 Å². The van der Waals surface area contributed by atoms with Crippen molar-refractivity contribution in [1.82, 2.24) is 10.3 Å². The van der Waals surface area contributed by atoms with Crippen molar-refractivity contribution in [3.8, 4) is 0 Å². The zero-order chi connectivity index (χ0) is 19.6. The van der Waals surface area contributed by atoms with Crippen molar-refractivity contribution >= 4 is 28.8 Å². The number of nitrogens with one attached hydrogen (secondary N) is 1. The summed E-state index contributed by atoms with van der Waals surface area (Å²) in [5, 5.41) is 5.84. The molecule has 1 amide bonds. The number of hydrogen-bond acceptors (Lipinski definition) is 3. The lowest BCUT2D eigenvalue weighted by molar-refractivity contribution is -0.118. The molecule has 2 rings (SSSR count). The van der Waals surface area contributed by atoms with Crippen molar-refractivity contribution in [2.45, 2.75) is 46.1 Å². The number of thiazole rings is 1. The molecule has 27 heavy (non-hydrogen) atoms. The van der Waals surface area contributed by atoms with Crippen LogP contribution in [0.4, 0.5) is 0 Å². The maximum atomic E-state index is 12.4. The van der Waals surface area contributed by atoms with Gasteiger partial charge in [-0.05, 0) is 44.6 Å². The molecule has 0 spiro atoms. The zero-order valence-corrected chi connectivity index (χ0v) is 17.7. The molecule has 5 heteroatoms. The molecule has 1 aromatic heterocycles. The van der Waals surface area contributed by atoms with Gasteiger partial charge in [-0.2, -0.15) is 0 Å². The lowest BCUT2D eigenvalue weighted by Gasteiger charge is -2.14. The van der Waals surface area contributed by atoms with Gasteiger partial charge in [0.25, 0.3) is 0 Å². The Labute approximate surface area is 171 Å². The van der Waals surface area contributed by atoms with Gasteiger partial charge in [0.1, 0.15) is 5.01 Å². The second kappa shape index (κ2) is 11.1. The number of halogens is 1. The third kappa shape index (κ3) is 7.31. The highest BCUT2D eigenvalue weighted by Crippen LogP contribution is 2.20. The molecule has 0 saturated carbocycles. The van der Waals surface area contributed by atoms with E-state index in [1.807, 2.05) is 43.5 Å². The van der Waals surface area contributed by atoms with E-state index in [1.54, 1.807) is 23.1 Å². The summed E-state index contributed by atoms with van der Waals surface area (Å²) in [4.78, 5) is 16.6. The van der Waals surface area contributed by atoms with Crippen molar-refractivity contribution in [1.29, 1.82) is 0 Å². The van der Waals surface area contributed by atoms with E-state index in [0.29, 0.717) is 5.92 Å². The molecule has 0 aliphatic heterocycles. The minimum Gasteiger partial charge on any atom is -0.343 e. The van der Waals surface area contributed by atoms with Gasteiger partial charge >= 0.3 is 0 Å². The molecular weight excluding hydrogens is 376 g/mol. The van der Waals surface area contributed by atoms with Gasteiger partial charge in [0, 0.05) is 22.7 Å². The van der Waals surface area contributed by atoms with Crippen LogP contribution in [0.3, 0.4) is 0 Å². The highest BCUT2D eigenvalue weighted by atomic mass is 35.5. The first-order chi connectivity index (χ1) is 13.0. The number of allylic oxidation sites excluding steroid dienone is 2.